The summed E-state index contributed by atoms with van der Waals surface area (Å²) in [5, 5.41) is 2.83. The van der Waals surface area contributed by atoms with Gasteiger partial charge in [-0.2, -0.15) is 0 Å². The Morgan fingerprint density at radius 2 is 2.13 bits per heavy atom. The highest BCUT2D eigenvalue weighted by atomic mass is 32.2. The average Bonchev–Trinajstić information content (AvgIpc) is 3.13. The molecule has 1 N–H and O–H groups in total. The summed E-state index contributed by atoms with van der Waals surface area (Å²) in [5.74, 6) is 0.156. The van der Waals surface area contributed by atoms with Crippen molar-refractivity contribution in [1.29, 1.82) is 0 Å². The molecule has 0 saturated carbocycles. The lowest BCUT2D eigenvalue weighted by molar-refractivity contribution is -0.128. The van der Waals surface area contributed by atoms with Crippen molar-refractivity contribution in [3.05, 3.63) is 29.8 Å². The van der Waals surface area contributed by atoms with Gasteiger partial charge in [-0.1, -0.05) is 36.9 Å². The van der Waals surface area contributed by atoms with Crippen LogP contribution in [0, 0.1) is 5.92 Å². The molecule has 23 heavy (non-hydrogen) atoms. The Hall–Kier alpha value is -1.82. The number of amides is 2. The van der Waals surface area contributed by atoms with E-state index in [0.29, 0.717) is 13.0 Å². The van der Waals surface area contributed by atoms with Crippen molar-refractivity contribution in [2.24, 2.45) is 5.92 Å². The number of nitrogens with zero attached hydrogens (tertiary/aromatic N) is 1. The molecule has 0 radical (unpaired) electrons. The van der Waals surface area contributed by atoms with Crippen molar-refractivity contribution in [3.63, 3.8) is 0 Å². The molecule has 5 nitrogen and oxygen atoms in total. The molecule has 2 aliphatic rings. The number of para-hydroxylation sites is 1. The summed E-state index contributed by atoms with van der Waals surface area (Å²) in [7, 11) is 0. The highest BCUT2D eigenvalue weighted by Gasteiger charge is 2.37. The van der Waals surface area contributed by atoms with E-state index in [1.165, 1.54) is 11.8 Å². The molecule has 2 heterocycles. The molecule has 6 heteroatoms. The van der Waals surface area contributed by atoms with Gasteiger partial charge in [0.25, 0.3) is 0 Å². The number of anilines is 1. The van der Waals surface area contributed by atoms with E-state index in [9.17, 15) is 14.4 Å². The van der Waals surface area contributed by atoms with E-state index in [4.69, 9.17) is 0 Å². The molecule has 0 aromatic heterocycles. The average molecular weight is 332 g/mol. The van der Waals surface area contributed by atoms with Crippen LogP contribution in [0.3, 0.4) is 0 Å². The standard InChI is InChI=1S/C17H20N2O3S/c1-2-11-5-3-4-6-14(11)19-10-12(9-15(19)20)16(21)18-13-7-8-23-17(13)22/h3-6,12-13H,2,7-10H2,1H3,(H,18,21)/t12-,13-/m0/s1. The highest BCUT2D eigenvalue weighted by Crippen LogP contribution is 2.29. The number of aryl methyl sites for hydroxylation is 1. The Morgan fingerprint density at radius 3 is 2.83 bits per heavy atom. The minimum Gasteiger partial charge on any atom is -0.345 e. The van der Waals surface area contributed by atoms with Crippen LogP contribution in [0.4, 0.5) is 5.69 Å². The van der Waals surface area contributed by atoms with Crippen LogP contribution in [0.15, 0.2) is 24.3 Å². The van der Waals surface area contributed by atoms with Crippen LogP contribution in [0.5, 0.6) is 0 Å². The van der Waals surface area contributed by atoms with E-state index < -0.39 is 0 Å². The largest absolute Gasteiger partial charge is 0.345 e. The normalized spacial score (nSPS) is 24.3. The van der Waals surface area contributed by atoms with Crippen LogP contribution in [0.1, 0.15) is 25.3 Å². The number of thioether (sulfide) groups is 1. The molecule has 0 unspecified atom stereocenters. The molecule has 0 aliphatic carbocycles. The smallest absolute Gasteiger partial charge is 0.227 e. The molecule has 2 fully saturated rings. The number of rotatable bonds is 4. The third-order valence-corrected chi connectivity index (χ3v) is 5.42. The zero-order valence-corrected chi connectivity index (χ0v) is 13.9. The Kier molecular flexibility index (Phi) is 4.71. The van der Waals surface area contributed by atoms with Crippen LogP contribution in [-0.2, 0) is 20.8 Å². The Bertz CT molecular complexity index is 646. The minimum atomic E-state index is -0.389. The van der Waals surface area contributed by atoms with E-state index >= 15 is 0 Å². The summed E-state index contributed by atoms with van der Waals surface area (Å²) in [4.78, 5) is 38.0. The first-order valence-corrected chi connectivity index (χ1v) is 8.94. The molecular formula is C17H20N2O3S. The number of carbonyl (C=O) groups excluding carboxylic acids is 3. The molecule has 2 saturated heterocycles. The predicted octanol–water partition coefficient (Wildman–Crippen LogP) is 1.75. The lowest BCUT2D eigenvalue weighted by Gasteiger charge is -2.20. The van der Waals surface area contributed by atoms with Gasteiger partial charge in [-0.25, -0.2) is 0 Å². The van der Waals surface area contributed by atoms with Crippen molar-refractivity contribution in [2.45, 2.75) is 32.2 Å². The van der Waals surface area contributed by atoms with Crippen LogP contribution < -0.4 is 10.2 Å². The van der Waals surface area contributed by atoms with Gasteiger partial charge in [0.05, 0.1) is 12.0 Å². The van der Waals surface area contributed by atoms with Crippen molar-refractivity contribution in [3.8, 4) is 0 Å². The van der Waals surface area contributed by atoms with E-state index in [2.05, 4.69) is 5.32 Å². The van der Waals surface area contributed by atoms with Gasteiger partial charge in [0.2, 0.25) is 16.9 Å². The third-order valence-electron chi connectivity index (χ3n) is 4.41. The maximum absolute atomic E-state index is 12.4. The summed E-state index contributed by atoms with van der Waals surface area (Å²) < 4.78 is 0. The van der Waals surface area contributed by atoms with Gasteiger partial charge >= 0.3 is 0 Å². The third kappa shape index (κ3) is 3.27. The summed E-state index contributed by atoms with van der Waals surface area (Å²) in [6, 6.07) is 7.40. The summed E-state index contributed by atoms with van der Waals surface area (Å²) in [6.45, 7) is 2.43. The van der Waals surface area contributed by atoms with E-state index in [1.54, 1.807) is 4.90 Å². The summed E-state index contributed by atoms with van der Waals surface area (Å²) in [6.07, 6.45) is 1.72. The first kappa shape index (κ1) is 16.1. The van der Waals surface area contributed by atoms with Crippen LogP contribution >= 0.6 is 11.8 Å². The van der Waals surface area contributed by atoms with Gasteiger partial charge in [0, 0.05) is 24.4 Å². The zero-order chi connectivity index (χ0) is 16.4. The van der Waals surface area contributed by atoms with Crippen LogP contribution in [-0.4, -0.2) is 35.3 Å². The highest BCUT2D eigenvalue weighted by molar-refractivity contribution is 8.14. The molecule has 1 aromatic rings. The van der Waals surface area contributed by atoms with Crippen molar-refractivity contribution >= 4 is 34.4 Å². The fraction of sp³-hybridized carbons (Fsp3) is 0.471. The number of nitrogens with one attached hydrogen (secondary N) is 1. The Morgan fingerprint density at radius 1 is 1.35 bits per heavy atom. The van der Waals surface area contributed by atoms with Gasteiger partial charge in [-0.3, -0.25) is 14.4 Å². The minimum absolute atomic E-state index is 0.0239. The maximum atomic E-state index is 12.4. The van der Waals surface area contributed by atoms with Gasteiger partial charge in [0.15, 0.2) is 0 Å². The molecule has 2 aliphatic heterocycles. The van der Waals surface area contributed by atoms with Crippen LogP contribution in [0.25, 0.3) is 0 Å². The maximum Gasteiger partial charge on any atom is 0.227 e. The van der Waals surface area contributed by atoms with E-state index in [1.807, 2.05) is 31.2 Å². The molecule has 3 rings (SSSR count). The molecule has 0 bridgehead atoms. The summed E-state index contributed by atoms with van der Waals surface area (Å²) in [5.41, 5.74) is 1.99. The van der Waals surface area contributed by atoms with Crippen molar-refractivity contribution in [1.82, 2.24) is 5.32 Å². The quantitative estimate of drug-likeness (QED) is 0.912. The number of carbonyl (C=O) groups is 3. The van der Waals surface area contributed by atoms with Crippen molar-refractivity contribution < 1.29 is 14.4 Å². The second-order valence-electron chi connectivity index (χ2n) is 5.91. The second kappa shape index (κ2) is 6.74. The topological polar surface area (TPSA) is 66.5 Å². The second-order valence-corrected chi connectivity index (χ2v) is 7.00. The molecule has 2 atom stereocenters. The first-order valence-electron chi connectivity index (χ1n) is 7.95. The van der Waals surface area contributed by atoms with E-state index in [0.717, 1.165) is 23.4 Å². The monoisotopic (exact) mass is 332 g/mol. The molecule has 1 aromatic carbocycles. The van der Waals surface area contributed by atoms with Gasteiger partial charge in [-0.15, -0.1) is 0 Å². The molecule has 122 valence electrons. The van der Waals surface area contributed by atoms with Gasteiger partial charge in [-0.05, 0) is 24.5 Å². The number of hydrogen-bond acceptors (Lipinski definition) is 4. The summed E-state index contributed by atoms with van der Waals surface area (Å²) >= 11 is 1.26. The molecular weight excluding hydrogens is 312 g/mol. The van der Waals surface area contributed by atoms with E-state index in [-0.39, 0.29) is 35.3 Å². The van der Waals surface area contributed by atoms with Gasteiger partial charge in [0.1, 0.15) is 0 Å². The Balaban J connectivity index is 1.69. The number of hydrogen-bond donors (Lipinski definition) is 1. The fourth-order valence-electron chi connectivity index (χ4n) is 3.11. The fourth-order valence-corrected chi connectivity index (χ4v) is 4.04. The van der Waals surface area contributed by atoms with Crippen LogP contribution in [0.2, 0.25) is 0 Å². The molecule has 2 amide bonds. The predicted molar refractivity (Wildman–Crippen MR) is 90.3 cm³/mol. The van der Waals surface area contributed by atoms with Gasteiger partial charge < -0.3 is 10.2 Å². The lowest BCUT2D eigenvalue weighted by atomic mass is 10.1. The Labute approximate surface area is 139 Å². The SMILES string of the molecule is CCc1ccccc1N1C[C@@H](C(=O)N[C@H]2CCSC2=O)CC1=O. The number of benzene rings is 1. The van der Waals surface area contributed by atoms with Crippen molar-refractivity contribution in [2.75, 3.05) is 17.2 Å². The lowest BCUT2D eigenvalue weighted by Crippen LogP contribution is -2.41. The first-order chi connectivity index (χ1) is 11.1. The zero-order valence-electron chi connectivity index (χ0n) is 13.1. The molecule has 0 spiro atoms.